The van der Waals surface area contributed by atoms with E-state index < -0.39 is 22.0 Å². The number of carbonyl (C=O) groups is 1. The minimum atomic E-state index is -3.97. The molecule has 0 saturated carbocycles. The number of hydrogen-bond donors (Lipinski definition) is 3. The van der Waals surface area contributed by atoms with Gasteiger partial charge in [0.2, 0.25) is 10.0 Å². The maximum absolute atomic E-state index is 12.4. The molecule has 0 aliphatic carbocycles. The lowest BCUT2D eigenvalue weighted by Gasteiger charge is -2.17. The second kappa shape index (κ2) is 7.23. The Labute approximate surface area is 133 Å². The van der Waals surface area contributed by atoms with E-state index in [2.05, 4.69) is 4.72 Å². The van der Waals surface area contributed by atoms with E-state index >= 15 is 0 Å². The highest BCUT2D eigenvalue weighted by atomic mass is 32.2. The van der Waals surface area contributed by atoms with Crippen molar-refractivity contribution in [1.82, 2.24) is 10.2 Å². The highest BCUT2D eigenvalue weighted by Crippen LogP contribution is 2.19. The van der Waals surface area contributed by atoms with Crippen LogP contribution in [0.3, 0.4) is 0 Å². The number of hydrogen-bond acceptors (Lipinski definition) is 5. The van der Waals surface area contributed by atoms with E-state index in [4.69, 9.17) is 9.94 Å². The van der Waals surface area contributed by atoms with Crippen LogP contribution < -0.4 is 14.9 Å². The van der Waals surface area contributed by atoms with Gasteiger partial charge in [0.25, 0.3) is 5.91 Å². The molecule has 0 saturated heterocycles. The fraction of sp³-hybridized carbons (Fsp3) is 0.133. The van der Waals surface area contributed by atoms with Gasteiger partial charge in [0.1, 0.15) is 11.8 Å². The number of nitrogens with one attached hydrogen (secondary N) is 2. The van der Waals surface area contributed by atoms with Gasteiger partial charge in [-0.15, -0.1) is 0 Å². The first-order valence-electron chi connectivity index (χ1n) is 6.63. The molecule has 0 bridgehead atoms. The van der Waals surface area contributed by atoms with Gasteiger partial charge >= 0.3 is 0 Å². The van der Waals surface area contributed by atoms with Crippen LogP contribution in [0.5, 0.6) is 5.75 Å². The van der Waals surface area contributed by atoms with Gasteiger partial charge < -0.3 is 4.74 Å². The molecule has 7 nitrogen and oxygen atoms in total. The molecule has 2 rings (SSSR count). The summed E-state index contributed by atoms with van der Waals surface area (Å²) in [5.41, 5.74) is 1.87. The molecule has 8 heteroatoms. The lowest BCUT2D eigenvalue weighted by molar-refractivity contribution is -0.131. The summed E-state index contributed by atoms with van der Waals surface area (Å²) in [6.07, 6.45) is 0. The molecular weight excluding hydrogens is 320 g/mol. The first-order chi connectivity index (χ1) is 11.0. The minimum Gasteiger partial charge on any atom is -0.497 e. The number of rotatable bonds is 6. The Kier molecular flexibility index (Phi) is 5.32. The number of benzene rings is 2. The van der Waals surface area contributed by atoms with Crippen LogP contribution in [0.2, 0.25) is 0 Å². The summed E-state index contributed by atoms with van der Waals surface area (Å²) in [5.74, 6) is -0.370. The summed E-state index contributed by atoms with van der Waals surface area (Å²) in [7, 11) is -2.49. The van der Waals surface area contributed by atoms with Crippen LogP contribution in [0.15, 0.2) is 59.5 Å². The molecule has 0 aromatic heterocycles. The zero-order valence-electron chi connectivity index (χ0n) is 12.3. The SMILES string of the molecule is COc1ccc(S(=O)(=O)NC(C(=O)NO)c2ccccc2)cc1. The molecule has 0 aliphatic rings. The van der Waals surface area contributed by atoms with Crippen molar-refractivity contribution >= 4 is 15.9 Å². The average molecular weight is 336 g/mol. The molecule has 0 radical (unpaired) electrons. The molecule has 0 heterocycles. The van der Waals surface area contributed by atoms with Crippen LogP contribution in [-0.4, -0.2) is 26.6 Å². The third-order valence-corrected chi connectivity index (χ3v) is 4.59. The Balaban J connectivity index is 2.32. The molecule has 23 heavy (non-hydrogen) atoms. The number of methoxy groups -OCH3 is 1. The molecule has 0 spiro atoms. The van der Waals surface area contributed by atoms with Crippen LogP contribution in [0.4, 0.5) is 0 Å². The van der Waals surface area contributed by atoms with Crippen LogP contribution in [0.1, 0.15) is 11.6 Å². The topological polar surface area (TPSA) is 105 Å². The van der Waals surface area contributed by atoms with Gasteiger partial charge in [0.05, 0.1) is 12.0 Å². The fourth-order valence-electron chi connectivity index (χ4n) is 1.96. The van der Waals surface area contributed by atoms with E-state index in [1.165, 1.54) is 36.9 Å². The van der Waals surface area contributed by atoms with E-state index in [0.29, 0.717) is 11.3 Å². The van der Waals surface area contributed by atoms with Crippen LogP contribution in [-0.2, 0) is 14.8 Å². The van der Waals surface area contributed by atoms with Crippen molar-refractivity contribution in [2.24, 2.45) is 0 Å². The molecule has 2 aromatic carbocycles. The smallest absolute Gasteiger partial charge is 0.266 e. The highest BCUT2D eigenvalue weighted by Gasteiger charge is 2.27. The first-order valence-corrected chi connectivity index (χ1v) is 8.11. The van der Waals surface area contributed by atoms with Crippen molar-refractivity contribution in [1.29, 1.82) is 0 Å². The summed E-state index contributed by atoms with van der Waals surface area (Å²) in [5, 5.41) is 8.85. The average Bonchev–Trinajstić information content (AvgIpc) is 2.60. The summed E-state index contributed by atoms with van der Waals surface area (Å²) in [6, 6.07) is 12.7. The Bertz CT molecular complexity index is 760. The first kappa shape index (κ1) is 16.9. The zero-order valence-corrected chi connectivity index (χ0v) is 13.1. The van der Waals surface area contributed by atoms with Crippen LogP contribution >= 0.6 is 0 Å². The number of carbonyl (C=O) groups excluding carboxylic acids is 1. The van der Waals surface area contributed by atoms with E-state index in [1.807, 2.05) is 0 Å². The Morgan fingerprint density at radius 1 is 1.09 bits per heavy atom. The van der Waals surface area contributed by atoms with Crippen molar-refractivity contribution in [2.75, 3.05) is 7.11 Å². The van der Waals surface area contributed by atoms with Gasteiger partial charge in [-0.3, -0.25) is 10.0 Å². The Hall–Kier alpha value is -2.42. The lowest BCUT2D eigenvalue weighted by Crippen LogP contribution is -2.39. The third kappa shape index (κ3) is 4.07. The minimum absolute atomic E-state index is 0.0232. The molecular formula is C15H16N2O5S. The maximum atomic E-state index is 12.4. The van der Waals surface area contributed by atoms with Crippen LogP contribution in [0.25, 0.3) is 0 Å². The lowest BCUT2D eigenvalue weighted by atomic mass is 10.1. The predicted molar refractivity (Wildman–Crippen MR) is 82.4 cm³/mol. The monoisotopic (exact) mass is 336 g/mol. The molecule has 122 valence electrons. The number of sulfonamides is 1. The van der Waals surface area contributed by atoms with Gasteiger partial charge in [0.15, 0.2) is 0 Å². The van der Waals surface area contributed by atoms with Gasteiger partial charge in [-0.25, -0.2) is 13.9 Å². The van der Waals surface area contributed by atoms with Crippen molar-refractivity contribution in [3.05, 3.63) is 60.2 Å². The van der Waals surface area contributed by atoms with E-state index in [-0.39, 0.29) is 4.90 Å². The van der Waals surface area contributed by atoms with Crippen molar-refractivity contribution < 1.29 is 23.2 Å². The van der Waals surface area contributed by atoms with E-state index in [1.54, 1.807) is 30.3 Å². The number of hydroxylamine groups is 1. The number of ether oxygens (including phenoxy) is 1. The predicted octanol–water partition coefficient (Wildman–Crippen LogP) is 1.22. The summed E-state index contributed by atoms with van der Waals surface area (Å²) >= 11 is 0. The molecule has 0 fully saturated rings. The highest BCUT2D eigenvalue weighted by molar-refractivity contribution is 7.89. The zero-order chi connectivity index (χ0) is 16.9. The molecule has 1 unspecified atom stereocenters. The van der Waals surface area contributed by atoms with Crippen molar-refractivity contribution in [2.45, 2.75) is 10.9 Å². The third-order valence-electron chi connectivity index (χ3n) is 3.15. The van der Waals surface area contributed by atoms with Gasteiger partial charge in [-0.2, -0.15) is 4.72 Å². The standard InChI is InChI=1S/C15H16N2O5S/c1-22-12-7-9-13(10-8-12)23(20,21)17-14(15(18)16-19)11-5-3-2-4-6-11/h2-10,14,17,19H,1H3,(H,16,18). The van der Waals surface area contributed by atoms with Gasteiger partial charge in [-0.1, -0.05) is 30.3 Å². The molecule has 2 aromatic rings. The second-order valence-corrected chi connectivity index (χ2v) is 6.33. The maximum Gasteiger partial charge on any atom is 0.266 e. The summed E-state index contributed by atoms with van der Waals surface area (Å²) in [6.45, 7) is 0. The quantitative estimate of drug-likeness (QED) is 0.543. The molecule has 1 amide bonds. The Morgan fingerprint density at radius 3 is 2.22 bits per heavy atom. The van der Waals surface area contributed by atoms with Gasteiger partial charge in [0, 0.05) is 0 Å². The summed E-state index contributed by atoms with van der Waals surface area (Å²) < 4.78 is 32.1. The fourth-order valence-corrected chi connectivity index (χ4v) is 3.14. The van der Waals surface area contributed by atoms with Crippen molar-refractivity contribution in [3.63, 3.8) is 0 Å². The Morgan fingerprint density at radius 2 is 1.70 bits per heavy atom. The van der Waals surface area contributed by atoms with E-state index in [9.17, 15) is 13.2 Å². The molecule has 1 atom stereocenters. The normalized spacial score (nSPS) is 12.4. The molecule has 0 aliphatic heterocycles. The second-order valence-electron chi connectivity index (χ2n) is 4.62. The van der Waals surface area contributed by atoms with E-state index in [0.717, 1.165) is 0 Å². The number of amides is 1. The molecule has 3 N–H and O–H groups in total. The van der Waals surface area contributed by atoms with Gasteiger partial charge in [-0.05, 0) is 29.8 Å². The van der Waals surface area contributed by atoms with Crippen LogP contribution in [0, 0.1) is 0 Å². The largest absolute Gasteiger partial charge is 0.497 e. The summed E-state index contributed by atoms with van der Waals surface area (Å²) in [4.78, 5) is 11.8. The van der Waals surface area contributed by atoms with Crippen molar-refractivity contribution in [3.8, 4) is 5.75 Å².